The van der Waals surface area contributed by atoms with Crippen molar-refractivity contribution >= 4 is 16.2 Å². The number of amides is 1. The predicted octanol–water partition coefficient (Wildman–Crippen LogP) is 1.36. The number of likely N-dealkylation sites (tertiary alicyclic amines) is 1. The summed E-state index contributed by atoms with van der Waals surface area (Å²) in [5, 5.41) is 0. The van der Waals surface area contributed by atoms with E-state index in [1.807, 2.05) is 0 Å². The van der Waals surface area contributed by atoms with Gasteiger partial charge in [0.2, 0.25) is 0 Å². The van der Waals surface area contributed by atoms with E-state index >= 15 is 0 Å². The van der Waals surface area contributed by atoms with Crippen LogP contribution in [0.5, 0.6) is 0 Å². The molecule has 1 aliphatic heterocycles. The van der Waals surface area contributed by atoms with Gasteiger partial charge in [-0.2, -0.15) is 8.42 Å². The van der Waals surface area contributed by atoms with Crippen molar-refractivity contribution in [3.8, 4) is 0 Å². The van der Waals surface area contributed by atoms with Crippen LogP contribution in [0.15, 0.2) is 0 Å². The molecule has 18 heavy (non-hydrogen) atoms. The van der Waals surface area contributed by atoms with Gasteiger partial charge in [-0.05, 0) is 34.1 Å². The highest BCUT2D eigenvalue weighted by Gasteiger charge is 2.38. The lowest BCUT2D eigenvalue weighted by Crippen LogP contribution is -2.41. The average molecular weight is 279 g/mol. The maximum absolute atomic E-state index is 11.9. The molecule has 1 rings (SSSR count). The van der Waals surface area contributed by atoms with Crippen molar-refractivity contribution in [2.75, 3.05) is 12.8 Å². The van der Waals surface area contributed by atoms with E-state index in [0.29, 0.717) is 13.0 Å². The van der Waals surface area contributed by atoms with Gasteiger partial charge in [0.25, 0.3) is 10.1 Å². The molecule has 0 N–H and O–H groups in total. The van der Waals surface area contributed by atoms with Gasteiger partial charge in [0, 0.05) is 6.54 Å². The molecule has 1 amide bonds. The molecule has 0 aliphatic carbocycles. The number of rotatable bonds is 2. The van der Waals surface area contributed by atoms with Crippen molar-refractivity contribution in [2.45, 2.75) is 51.9 Å². The van der Waals surface area contributed by atoms with E-state index in [2.05, 4.69) is 0 Å². The SMILES string of the molecule is C[C@H]1[C@@H](OS(C)(=O)=O)CCN1C(=O)OC(C)(C)C. The molecule has 0 aromatic rings. The molecule has 1 heterocycles. The highest BCUT2D eigenvalue weighted by Crippen LogP contribution is 2.24. The molecule has 6 nitrogen and oxygen atoms in total. The van der Waals surface area contributed by atoms with Gasteiger partial charge in [0.15, 0.2) is 0 Å². The van der Waals surface area contributed by atoms with Gasteiger partial charge >= 0.3 is 6.09 Å². The molecule has 0 spiro atoms. The summed E-state index contributed by atoms with van der Waals surface area (Å²) in [6.45, 7) is 7.56. The second-order valence-electron chi connectivity index (χ2n) is 5.54. The minimum atomic E-state index is -3.50. The van der Waals surface area contributed by atoms with E-state index in [1.165, 1.54) is 4.90 Å². The number of hydrogen-bond donors (Lipinski definition) is 0. The fourth-order valence-corrected chi connectivity index (χ4v) is 2.55. The van der Waals surface area contributed by atoms with Crippen LogP contribution in [-0.4, -0.2) is 50.0 Å². The van der Waals surface area contributed by atoms with Crippen LogP contribution < -0.4 is 0 Å². The summed E-state index contributed by atoms with van der Waals surface area (Å²) in [5.74, 6) is 0. The third kappa shape index (κ3) is 4.45. The van der Waals surface area contributed by atoms with Gasteiger partial charge in [-0.1, -0.05) is 0 Å². The molecule has 1 fully saturated rings. The molecule has 0 aromatic carbocycles. The number of hydrogen-bond acceptors (Lipinski definition) is 5. The summed E-state index contributed by atoms with van der Waals surface area (Å²) in [6.07, 6.45) is 0.575. The Morgan fingerprint density at radius 3 is 2.33 bits per heavy atom. The molecule has 1 aliphatic rings. The summed E-state index contributed by atoms with van der Waals surface area (Å²) in [7, 11) is -3.50. The van der Waals surface area contributed by atoms with Crippen LogP contribution in [0.4, 0.5) is 4.79 Å². The number of nitrogens with zero attached hydrogens (tertiary/aromatic N) is 1. The normalized spacial score (nSPS) is 25.3. The van der Waals surface area contributed by atoms with Crippen molar-refractivity contribution in [1.82, 2.24) is 4.90 Å². The van der Waals surface area contributed by atoms with Crippen LogP contribution in [-0.2, 0) is 19.0 Å². The molecule has 7 heteroatoms. The highest BCUT2D eigenvalue weighted by atomic mass is 32.2. The quantitative estimate of drug-likeness (QED) is 0.714. The number of carbonyl (C=O) groups is 1. The Morgan fingerprint density at radius 1 is 1.33 bits per heavy atom. The second-order valence-corrected chi connectivity index (χ2v) is 7.14. The zero-order valence-corrected chi connectivity index (χ0v) is 12.3. The van der Waals surface area contributed by atoms with Crippen molar-refractivity contribution < 1.29 is 22.1 Å². The Morgan fingerprint density at radius 2 is 1.89 bits per heavy atom. The molecular formula is C11H21NO5S. The molecular weight excluding hydrogens is 258 g/mol. The second kappa shape index (κ2) is 5.05. The molecule has 0 radical (unpaired) electrons. The summed E-state index contributed by atoms with van der Waals surface area (Å²) < 4.78 is 32.4. The van der Waals surface area contributed by atoms with Crippen molar-refractivity contribution in [3.05, 3.63) is 0 Å². The Bertz CT molecular complexity index is 412. The number of carbonyl (C=O) groups excluding carboxylic acids is 1. The Balaban J connectivity index is 2.65. The first-order valence-corrected chi connectivity index (χ1v) is 7.69. The van der Waals surface area contributed by atoms with Crippen LogP contribution in [0.1, 0.15) is 34.1 Å². The van der Waals surface area contributed by atoms with E-state index < -0.39 is 27.9 Å². The van der Waals surface area contributed by atoms with Gasteiger partial charge in [-0.15, -0.1) is 0 Å². The van der Waals surface area contributed by atoms with Gasteiger partial charge < -0.3 is 9.64 Å². The average Bonchev–Trinajstić information content (AvgIpc) is 2.42. The Labute approximate surface area is 108 Å². The fourth-order valence-electron chi connectivity index (χ4n) is 1.84. The molecule has 1 saturated heterocycles. The maximum Gasteiger partial charge on any atom is 0.410 e. The van der Waals surface area contributed by atoms with E-state index in [4.69, 9.17) is 8.92 Å². The summed E-state index contributed by atoms with van der Waals surface area (Å²) >= 11 is 0. The lowest BCUT2D eigenvalue weighted by molar-refractivity contribution is 0.0194. The first kappa shape index (κ1) is 15.2. The van der Waals surface area contributed by atoms with E-state index in [1.54, 1.807) is 27.7 Å². The zero-order chi connectivity index (χ0) is 14.1. The molecule has 106 valence electrons. The maximum atomic E-state index is 11.9. The van der Waals surface area contributed by atoms with E-state index in [9.17, 15) is 13.2 Å². The summed E-state index contributed by atoms with van der Waals surface area (Å²) in [4.78, 5) is 13.4. The first-order valence-electron chi connectivity index (χ1n) is 5.87. The van der Waals surface area contributed by atoms with Crippen LogP contribution in [0, 0.1) is 0 Å². The van der Waals surface area contributed by atoms with Crippen LogP contribution in [0.2, 0.25) is 0 Å². The van der Waals surface area contributed by atoms with E-state index in [-0.39, 0.29) is 6.04 Å². The van der Waals surface area contributed by atoms with Gasteiger partial charge in [-0.25, -0.2) is 4.79 Å². The van der Waals surface area contributed by atoms with Crippen molar-refractivity contribution in [2.24, 2.45) is 0 Å². The molecule has 0 unspecified atom stereocenters. The molecule has 0 bridgehead atoms. The topological polar surface area (TPSA) is 72.9 Å². The van der Waals surface area contributed by atoms with Crippen molar-refractivity contribution in [1.29, 1.82) is 0 Å². The van der Waals surface area contributed by atoms with Gasteiger partial charge in [0.1, 0.15) is 5.60 Å². The van der Waals surface area contributed by atoms with Crippen molar-refractivity contribution in [3.63, 3.8) is 0 Å². The Hall–Kier alpha value is -0.820. The van der Waals surface area contributed by atoms with Crippen LogP contribution in [0.3, 0.4) is 0 Å². The largest absolute Gasteiger partial charge is 0.444 e. The van der Waals surface area contributed by atoms with Crippen LogP contribution >= 0.6 is 0 Å². The fraction of sp³-hybridized carbons (Fsp3) is 0.909. The first-order chi connectivity index (χ1) is 7.99. The molecule has 2 atom stereocenters. The van der Waals surface area contributed by atoms with Crippen LogP contribution in [0.25, 0.3) is 0 Å². The summed E-state index contributed by atoms with van der Waals surface area (Å²) in [5.41, 5.74) is -0.563. The monoisotopic (exact) mass is 279 g/mol. The lowest BCUT2D eigenvalue weighted by Gasteiger charge is -2.28. The third-order valence-corrected chi connectivity index (χ3v) is 3.21. The zero-order valence-electron chi connectivity index (χ0n) is 11.5. The minimum Gasteiger partial charge on any atom is -0.444 e. The smallest absolute Gasteiger partial charge is 0.410 e. The predicted molar refractivity (Wildman–Crippen MR) is 66.7 cm³/mol. The minimum absolute atomic E-state index is 0.311. The molecule has 0 aromatic heterocycles. The lowest BCUT2D eigenvalue weighted by atomic mass is 10.2. The van der Waals surface area contributed by atoms with E-state index in [0.717, 1.165) is 6.26 Å². The van der Waals surface area contributed by atoms with Gasteiger partial charge in [-0.3, -0.25) is 4.18 Å². The Kier molecular flexibility index (Phi) is 4.27. The highest BCUT2D eigenvalue weighted by molar-refractivity contribution is 7.86. The third-order valence-electron chi connectivity index (χ3n) is 2.61. The van der Waals surface area contributed by atoms with Gasteiger partial charge in [0.05, 0.1) is 18.4 Å². The molecule has 0 saturated carbocycles. The number of ether oxygens (including phenoxy) is 1. The standard InChI is InChI=1S/C11H21NO5S/c1-8-9(17-18(5,14)15)6-7-12(8)10(13)16-11(2,3)4/h8-9H,6-7H2,1-5H3/t8-,9-/m0/s1. The summed E-state index contributed by atoms with van der Waals surface area (Å²) in [6, 6.07) is -0.311.